The van der Waals surface area contributed by atoms with Crippen molar-refractivity contribution in [1.29, 1.82) is 0 Å². The van der Waals surface area contributed by atoms with Crippen LogP contribution in [0, 0.1) is 5.92 Å². The number of rotatable bonds is 6. The SMILES string of the molecule is COc1ccc2c(c1)OCC(Cc1ccc(N(C)CCO)nn1)C2. The predicted molar refractivity (Wildman–Crippen MR) is 91.8 cm³/mol. The van der Waals surface area contributed by atoms with Crippen molar-refractivity contribution in [2.24, 2.45) is 5.92 Å². The molecule has 1 aromatic heterocycles. The van der Waals surface area contributed by atoms with Crippen LogP contribution in [-0.4, -0.2) is 49.2 Å². The van der Waals surface area contributed by atoms with Gasteiger partial charge in [0, 0.05) is 25.6 Å². The van der Waals surface area contributed by atoms with Gasteiger partial charge in [0.2, 0.25) is 0 Å². The molecule has 0 aliphatic carbocycles. The minimum atomic E-state index is 0.101. The first-order valence-corrected chi connectivity index (χ1v) is 8.14. The van der Waals surface area contributed by atoms with E-state index in [2.05, 4.69) is 16.3 Å². The fourth-order valence-corrected chi connectivity index (χ4v) is 2.90. The molecule has 3 rings (SSSR count). The third-order valence-corrected chi connectivity index (χ3v) is 4.29. The van der Waals surface area contributed by atoms with Crippen molar-refractivity contribution in [2.75, 3.05) is 38.8 Å². The molecule has 6 heteroatoms. The molecule has 1 atom stereocenters. The second-order valence-electron chi connectivity index (χ2n) is 6.09. The Hall–Kier alpha value is -2.34. The van der Waals surface area contributed by atoms with Gasteiger partial charge in [-0.15, -0.1) is 5.10 Å². The van der Waals surface area contributed by atoms with Gasteiger partial charge in [-0.25, -0.2) is 0 Å². The number of aromatic nitrogens is 2. The summed E-state index contributed by atoms with van der Waals surface area (Å²) in [5, 5.41) is 17.5. The number of aliphatic hydroxyl groups excluding tert-OH is 1. The second kappa shape index (κ2) is 7.49. The average molecular weight is 329 g/mol. The molecule has 0 saturated heterocycles. The Morgan fingerprint density at radius 3 is 2.88 bits per heavy atom. The number of hydrogen-bond acceptors (Lipinski definition) is 6. The van der Waals surface area contributed by atoms with Gasteiger partial charge < -0.3 is 19.5 Å². The topological polar surface area (TPSA) is 67.7 Å². The van der Waals surface area contributed by atoms with Gasteiger partial charge >= 0.3 is 0 Å². The molecule has 24 heavy (non-hydrogen) atoms. The number of aliphatic hydroxyl groups is 1. The fraction of sp³-hybridized carbons (Fsp3) is 0.444. The van der Waals surface area contributed by atoms with Crippen LogP contribution in [0.3, 0.4) is 0 Å². The molecule has 0 amide bonds. The van der Waals surface area contributed by atoms with Crippen molar-refractivity contribution in [2.45, 2.75) is 12.8 Å². The zero-order valence-corrected chi connectivity index (χ0v) is 14.1. The van der Waals surface area contributed by atoms with E-state index in [0.29, 0.717) is 19.1 Å². The van der Waals surface area contributed by atoms with E-state index in [1.807, 2.05) is 36.2 Å². The highest BCUT2D eigenvalue weighted by Gasteiger charge is 2.21. The van der Waals surface area contributed by atoms with Crippen LogP contribution in [0.4, 0.5) is 5.82 Å². The van der Waals surface area contributed by atoms with E-state index in [-0.39, 0.29) is 6.61 Å². The highest BCUT2D eigenvalue weighted by molar-refractivity contribution is 5.42. The van der Waals surface area contributed by atoms with Crippen LogP contribution in [0.5, 0.6) is 11.5 Å². The van der Waals surface area contributed by atoms with Crippen molar-refractivity contribution in [1.82, 2.24) is 10.2 Å². The number of hydrogen-bond donors (Lipinski definition) is 1. The van der Waals surface area contributed by atoms with Crippen LogP contribution < -0.4 is 14.4 Å². The molecule has 1 N–H and O–H groups in total. The molecule has 0 saturated carbocycles. The maximum Gasteiger partial charge on any atom is 0.151 e. The van der Waals surface area contributed by atoms with Crippen molar-refractivity contribution >= 4 is 5.82 Å². The van der Waals surface area contributed by atoms with Gasteiger partial charge in [0.15, 0.2) is 5.82 Å². The van der Waals surface area contributed by atoms with Crippen molar-refractivity contribution in [3.05, 3.63) is 41.6 Å². The zero-order chi connectivity index (χ0) is 16.9. The molecular formula is C18H23N3O3. The molecule has 2 aromatic rings. The second-order valence-corrected chi connectivity index (χ2v) is 6.09. The molecule has 0 bridgehead atoms. The van der Waals surface area contributed by atoms with Gasteiger partial charge in [0.05, 0.1) is 26.0 Å². The van der Waals surface area contributed by atoms with E-state index in [9.17, 15) is 0 Å². The molecule has 0 fully saturated rings. The maximum atomic E-state index is 8.97. The Bertz CT molecular complexity index is 676. The fourth-order valence-electron chi connectivity index (χ4n) is 2.90. The summed E-state index contributed by atoms with van der Waals surface area (Å²) < 4.78 is 11.1. The summed E-state index contributed by atoms with van der Waals surface area (Å²) in [5.41, 5.74) is 2.17. The summed E-state index contributed by atoms with van der Waals surface area (Å²) >= 11 is 0. The minimum Gasteiger partial charge on any atom is -0.497 e. The summed E-state index contributed by atoms with van der Waals surface area (Å²) in [6, 6.07) is 9.92. The Morgan fingerprint density at radius 2 is 2.17 bits per heavy atom. The van der Waals surface area contributed by atoms with Gasteiger partial charge in [-0.2, -0.15) is 5.10 Å². The van der Waals surface area contributed by atoms with Gasteiger partial charge in [-0.1, -0.05) is 6.07 Å². The van der Waals surface area contributed by atoms with Crippen molar-refractivity contribution in [3.8, 4) is 11.5 Å². The highest BCUT2D eigenvalue weighted by Crippen LogP contribution is 2.31. The van der Waals surface area contributed by atoms with Gasteiger partial charge in [0.25, 0.3) is 0 Å². The summed E-state index contributed by atoms with van der Waals surface area (Å²) in [6.07, 6.45) is 1.80. The molecule has 0 spiro atoms. The van der Waals surface area contributed by atoms with Gasteiger partial charge in [-0.3, -0.25) is 0 Å². The number of methoxy groups -OCH3 is 1. The molecule has 6 nitrogen and oxygen atoms in total. The van der Waals surface area contributed by atoms with Crippen molar-refractivity contribution < 1.29 is 14.6 Å². The number of likely N-dealkylation sites (N-methyl/N-ethyl adjacent to an activating group) is 1. The minimum absolute atomic E-state index is 0.101. The number of benzene rings is 1. The van der Waals surface area contributed by atoms with Gasteiger partial charge in [-0.05, 0) is 36.6 Å². The van der Waals surface area contributed by atoms with Crippen LogP contribution in [0.15, 0.2) is 30.3 Å². The molecule has 0 radical (unpaired) electrons. The van der Waals surface area contributed by atoms with E-state index in [0.717, 1.165) is 35.9 Å². The van der Waals surface area contributed by atoms with Gasteiger partial charge in [0.1, 0.15) is 11.5 Å². The standard InChI is InChI=1S/C18H23N3O3/c1-21(7-8-22)18-6-4-15(19-20-18)10-13-9-14-3-5-16(23-2)11-17(14)24-12-13/h3-6,11,13,22H,7-10,12H2,1-2H3. The molecule has 2 heterocycles. The average Bonchev–Trinajstić information content (AvgIpc) is 2.62. The molecule has 1 aliphatic heterocycles. The van der Waals surface area contributed by atoms with E-state index < -0.39 is 0 Å². The maximum absolute atomic E-state index is 8.97. The molecule has 1 unspecified atom stereocenters. The van der Waals surface area contributed by atoms with Crippen LogP contribution in [-0.2, 0) is 12.8 Å². The van der Waals surface area contributed by atoms with Crippen LogP contribution in [0.1, 0.15) is 11.3 Å². The summed E-state index contributed by atoms with van der Waals surface area (Å²) in [6.45, 7) is 1.32. The molecule has 128 valence electrons. The smallest absolute Gasteiger partial charge is 0.151 e. The molecule has 1 aromatic carbocycles. The first kappa shape index (κ1) is 16.5. The largest absolute Gasteiger partial charge is 0.497 e. The summed E-state index contributed by atoms with van der Waals surface area (Å²) in [4.78, 5) is 1.88. The molecule has 1 aliphatic rings. The first-order valence-electron chi connectivity index (χ1n) is 8.14. The Labute approximate surface area is 142 Å². The molecular weight excluding hydrogens is 306 g/mol. The summed E-state index contributed by atoms with van der Waals surface area (Å²) in [7, 11) is 3.55. The lowest BCUT2D eigenvalue weighted by atomic mass is 9.92. The van der Waals surface area contributed by atoms with E-state index in [1.54, 1.807) is 7.11 Å². The lowest BCUT2D eigenvalue weighted by molar-refractivity contribution is 0.219. The van der Waals surface area contributed by atoms with Crippen LogP contribution in [0.2, 0.25) is 0 Å². The zero-order valence-electron chi connectivity index (χ0n) is 14.1. The third-order valence-electron chi connectivity index (χ3n) is 4.29. The monoisotopic (exact) mass is 329 g/mol. The highest BCUT2D eigenvalue weighted by atomic mass is 16.5. The normalized spacial score (nSPS) is 16.2. The van der Waals surface area contributed by atoms with E-state index >= 15 is 0 Å². The number of nitrogens with zero attached hydrogens (tertiary/aromatic N) is 3. The quantitative estimate of drug-likeness (QED) is 0.870. The van der Waals surface area contributed by atoms with E-state index in [4.69, 9.17) is 14.6 Å². The third kappa shape index (κ3) is 3.76. The van der Waals surface area contributed by atoms with Crippen molar-refractivity contribution in [3.63, 3.8) is 0 Å². The Balaban J connectivity index is 1.62. The summed E-state index contributed by atoms with van der Waals surface area (Å²) in [5.74, 6) is 2.89. The predicted octanol–water partition coefficient (Wildman–Crippen LogP) is 1.71. The van der Waals surface area contributed by atoms with Crippen LogP contribution in [0.25, 0.3) is 0 Å². The number of fused-ring (bicyclic) bond motifs is 1. The Morgan fingerprint density at radius 1 is 1.29 bits per heavy atom. The Kier molecular flexibility index (Phi) is 5.15. The lowest BCUT2D eigenvalue weighted by Crippen LogP contribution is -2.24. The lowest BCUT2D eigenvalue weighted by Gasteiger charge is -2.25. The number of anilines is 1. The van der Waals surface area contributed by atoms with E-state index in [1.165, 1.54) is 5.56 Å². The van der Waals surface area contributed by atoms with Crippen LogP contribution >= 0.6 is 0 Å². The number of ether oxygens (including phenoxy) is 2. The first-order chi connectivity index (χ1) is 11.7.